The molecule has 0 amide bonds. The van der Waals surface area contributed by atoms with Gasteiger partial charge in [0.05, 0.1) is 17.6 Å². The van der Waals surface area contributed by atoms with E-state index < -0.39 is 0 Å². The summed E-state index contributed by atoms with van der Waals surface area (Å²) in [5.74, 6) is 0.602. The smallest absolute Gasteiger partial charge is 0.172 e. The fraction of sp³-hybridized carbons (Fsp3) is 0.269. The maximum absolute atomic E-state index is 13.5. The predicted octanol–water partition coefficient (Wildman–Crippen LogP) is 6.63. The summed E-state index contributed by atoms with van der Waals surface area (Å²) in [6.45, 7) is 4.33. The first-order chi connectivity index (χ1) is 14.8. The standard InChI is InChI=1S/C26H24BrNO3/c1-26(2)12-17-22-16-7-5-4-6-14(16)8-9-19(22)28-24(23(17)20(29)13-26)15-10-18(27)25(30)21(11-15)31-3/h4-11,24,28,30H,12-13H2,1-3H3. The van der Waals surface area contributed by atoms with E-state index in [9.17, 15) is 9.90 Å². The molecule has 2 aliphatic rings. The summed E-state index contributed by atoms with van der Waals surface area (Å²) < 4.78 is 5.91. The van der Waals surface area contributed by atoms with Gasteiger partial charge in [0, 0.05) is 23.2 Å². The number of Topliss-reactive ketones (excluding diaryl/α,β-unsaturated/α-hetero) is 1. The van der Waals surface area contributed by atoms with Crippen molar-refractivity contribution in [2.24, 2.45) is 5.41 Å². The van der Waals surface area contributed by atoms with Gasteiger partial charge in [-0.1, -0.05) is 44.2 Å². The van der Waals surface area contributed by atoms with Gasteiger partial charge in [0.25, 0.3) is 0 Å². The number of hydrogen-bond acceptors (Lipinski definition) is 4. The molecular formula is C26H24BrNO3. The van der Waals surface area contributed by atoms with Crippen molar-refractivity contribution in [2.75, 3.05) is 12.4 Å². The zero-order valence-electron chi connectivity index (χ0n) is 17.8. The normalized spacial score (nSPS) is 19.6. The van der Waals surface area contributed by atoms with E-state index in [0.717, 1.165) is 39.8 Å². The van der Waals surface area contributed by atoms with E-state index in [2.05, 4.69) is 59.4 Å². The third kappa shape index (κ3) is 3.23. The average Bonchev–Trinajstić information content (AvgIpc) is 2.73. The van der Waals surface area contributed by atoms with Crippen molar-refractivity contribution in [2.45, 2.75) is 32.7 Å². The molecule has 0 spiro atoms. The van der Waals surface area contributed by atoms with Gasteiger partial charge in [0.1, 0.15) is 0 Å². The Hall–Kier alpha value is -2.79. The van der Waals surface area contributed by atoms with Crippen LogP contribution in [0, 0.1) is 5.41 Å². The highest BCUT2D eigenvalue weighted by Gasteiger charge is 2.41. The quantitative estimate of drug-likeness (QED) is 0.434. The van der Waals surface area contributed by atoms with Crippen LogP contribution in [0.1, 0.15) is 43.9 Å². The minimum atomic E-state index is -0.307. The van der Waals surface area contributed by atoms with Crippen molar-refractivity contribution < 1.29 is 14.6 Å². The molecule has 158 valence electrons. The van der Waals surface area contributed by atoms with Gasteiger partial charge in [-0.25, -0.2) is 0 Å². The third-order valence-corrected chi connectivity index (χ3v) is 6.95. The fourth-order valence-electron chi connectivity index (χ4n) is 5.00. The van der Waals surface area contributed by atoms with Gasteiger partial charge in [0.2, 0.25) is 0 Å². The molecule has 0 aromatic heterocycles. The van der Waals surface area contributed by atoms with Crippen molar-refractivity contribution >= 4 is 43.7 Å². The van der Waals surface area contributed by atoms with Gasteiger partial charge < -0.3 is 15.2 Å². The lowest BCUT2D eigenvalue weighted by Gasteiger charge is -2.40. The third-order valence-electron chi connectivity index (χ3n) is 6.34. The fourth-order valence-corrected chi connectivity index (χ4v) is 5.46. The van der Waals surface area contributed by atoms with Crippen molar-refractivity contribution in [3.05, 3.63) is 69.7 Å². The zero-order chi connectivity index (χ0) is 21.9. The second kappa shape index (κ2) is 7.13. The molecule has 0 saturated carbocycles. The van der Waals surface area contributed by atoms with Crippen molar-refractivity contribution in [1.82, 2.24) is 0 Å². The van der Waals surface area contributed by atoms with E-state index in [4.69, 9.17) is 4.74 Å². The molecule has 5 heteroatoms. The number of rotatable bonds is 2. The van der Waals surface area contributed by atoms with Crippen molar-refractivity contribution in [3.8, 4) is 11.5 Å². The molecule has 1 heterocycles. The number of ketones is 1. The Morgan fingerprint density at radius 3 is 2.68 bits per heavy atom. The molecule has 4 nitrogen and oxygen atoms in total. The van der Waals surface area contributed by atoms with Crippen molar-refractivity contribution in [3.63, 3.8) is 0 Å². The number of ether oxygens (including phenoxy) is 1. The summed E-state index contributed by atoms with van der Waals surface area (Å²) in [7, 11) is 1.53. The molecule has 0 radical (unpaired) electrons. The lowest BCUT2D eigenvalue weighted by Crippen LogP contribution is -2.33. The SMILES string of the molecule is COc1cc(C2Nc3ccc4ccccc4c3C3=C2C(=O)CC(C)(C)C3)cc(Br)c1O. The first-order valence-corrected chi connectivity index (χ1v) is 11.2. The summed E-state index contributed by atoms with van der Waals surface area (Å²) in [6.07, 6.45) is 1.35. The molecule has 0 fully saturated rings. The lowest BCUT2D eigenvalue weighted by molar-refractivity contribution is -0.118. The first kappa shape index (κ1) is 20.1. The highest BCUT2D eigenvalue weighted by atomic mass is 79.9. The number of halogens is 1. The molecule has 0 saturated heterocycles. The minimum Gasteiger partial charge on any atom is -0.503 e. The molecule has 1 atom stereocenters. The average molecular weight is 478 g/mol. The zero-order valence-corrected chi connectivity index (χ0v) is 19.3. The maximum atomic E-state index is 13.5. The number of methoxy groups -OCH3 is 1. The van der Waals surface area contributed by atoms with Gasteiger partial charge in [-0.2, -0.15) is 0 Å². The molecule has 5 rings (SSSR count). The summed E-state index contributed by atoms with van der Waals surface area (Å²) in [6, 6.07) is 15.9. The van der Waals surface area contributed by atoms with E-state index >= 15 is 0 Å². The van der Waals surface area contributed by atoms with E-state index in [-0.39, 0.29) is 23.0 Å². The molecule has 2 N–H and O–H groups in total. The number of allylic oxidation sites excluding steroid dienone is 1. The van der Waals surface area contributed by atoms with Crippen LogP contribution in [0.3, 0.4) is 0 Å². The van der Waals surface area contributed by atoms with Crippen LogP contribution >= 0.6 is 15.9 Å². The number of carbonyl (C=O) groups excluding carboxylic acids is 1. The highest BCUT2D eigenvalue weighted by molar-refractivity contribution is 9.10. The first-order valence-electron chi connectivity index (χ1n) is 10.4. The number of benzene rings is 3. The monoisotopic (exact) mass is 477 g/mol. The Bertz CT molecular complexity index is 1280. The summed E-state index contributed by atoms with van der Waals surface area (Å²) >= 11 is 3.43. The Morgan fingerprint density at radius 2 is 1.90 bits per heavy atom. The summed E-state index contributed by atoms with van der Waals surface area (Å²) in [4.78, 5) is 13.5. The maximum Gasteiger partial charge on any atom is 0.172 e. The van der Waals surface area contributed by atoms with Gasteiger partial charge in [0.15, 0.2) is 17.3 Å². The second-order valence-electron chi connectivity index (χ2n) is 9.17. The van der Waals surface area contributed by atoms with E-state index in [1.807, 2.05) is 18.2 Å². The Morgan fingerprint density at radius 1 is 1.13 bits per heavy atom. The van der Waals surface area contributed by atoms with E-state index in [1.54, 1.807) is 6.07 Å². The Labute approximate surface area is 190 Å². The molecule has 3 aromatic carbocycles. The van der Waals surface area contributed by atoms with Crippen LogP contribution in [0.15, 0.2) is 58.6 Å². The largest absolute Gasteiger partial charge is 0.503 e. The molecule has 1 aliphatic heterocycles. The highest BCUT2D eigenvalue weighted by Crippen LogP contribution is 2.52. The van der Waals surface area contributed by atoms with Crippen LogP contribution in [0.5, 0.6) is 11.5 Å². The molecule has 3 aromatic rings. The van der Waals surface area contributed by atoms with Gasteiger partial charge in [-0.3, -0.25) is 4.79 Å². The molecule has 31 heavy (non-hydrogen) atoms. The predicted molar refractivity (Wildman–Crippen MR) is 128 cm³/mol. The van der Waals surface area contributed by atoms with E-state index in [0.29, 0.717) is 16.6 Å². The number of nitrogens with one attached hydrogen (secondary N) is 1. The summed E-state index contributed by atoms with van der Waals surface area (Å²) in [5.41, 5.74) is 4.88. The second-order valence-corrected chi connectivity index (χ2v) is 10.0. The summed E-state index contributed by atoms with van der Waals surface area (Å²) in [5, 5.41) is 16.2. The molecule has 1 unspecified atom stereocenters. The lowest BCUT2D eigenvalue weighted by atomic mass is 9.68. The van der Waals surface area contributed by atoms with Crippen LogP contribution in [0.4, 0.5) is 5.69 Å². The van der Waals surface area contributed by atoms with Gasteiger partial charge >= 0.3 is 0 Å². The topological polar surface area (TPSA) is 58.6 Å². The number of carbonyl (C=O) groups is 1. The minimum absolute atomic E-state index is 0.0544. The van der Waals surface area contributed by atoms with Crippen LogP contribution in [-0.4, -0.2) is 18.0 Å². The molecule has 1 aliphatic carbocycles. The Balaban J connectivity index is 1.79. The van der Waals surface area contributed by atoms with Gasteiger partial charge in [-0.05, 0) is 67.9 Å². The number of fused-ring (bicyclic) bond motifs is 4. The van der Waals surface area contributed by atoms with Crippen LogP contribution in [-0.2, 0) is 4.79 Å². The van der Waals surface area contributed by atoms with Crippen LogP contribution in [0.2, 0.25) is 0 Å². The number of anilines is 1. The number of aromatic hydroxyl groups is 1. The van der Waals surface area contributed by atoms with Crippen molar-refractivity contribution in [1.29, 1.82) is 0 Å². The van der Waals surface area contributed by atoms with Crippen LogP contribution < -0.4 is 10.1 Å². The van der Waals surface area contributed by atoms with Crippen LogP contribution in [0.25, 0.3) is 16.3 Å². The Kier molecular flexibility index (Phi) is 4.63. The number of hydrogen-bond donors (Lipinski definition) is 2. The number of phenols is 1. The van der Waals surface area contributed by atoms with Gasteiger partial charge in [-0.15, -0.1) is 0 Å². The molecule has 0 bridgehead atoms. The number of phenolic OH excluding ortho intramolecular Hbond substituents is 1. The molecular weight excluding hydrogens is 454 g/mol. The van der Waals surface area contributed by atoms with E-state index in [1.165, 1.54) is 12.5 Å².